The SMILES string of the molecule is Cc1cccc(C)c1-c1cc2nc(n1)NS(=O)(=O)c1cccc(c1)C(=O)N(Cc1ncc(N3CCC4(CCC4)C3)cn1)[C@H](CC(C)(C)C)CO2. The Balaban J connectivity index is 1.27. The number of nitrogens with one attached hydrogen (secondary N) is 1. The maximum absolute atomic E-state index is 14.5. The van der Waals surface area contributed by atoms with Crippen molar-refractivity contribution < 1.29 is 17.9 Å². The Morgan fingerprint density at radius 3 is 2.36 bits per heavy atom. The molecule has 1 N–H and O–H groups in total. The Labute approximate surface area is 294 Å². The number of hydrogen-bond acceptors (Lipinski definition) is 9. The minimum absolute atomic E-state index is 0.0751. The lowest BCUT2D eigenvalue weighted by atomic mass is 9.68. The third kappa shape index (κ3) is 7.03. The van der Waals surface area contributed by atoms with Crippen molar-refractivity contribution in [2.45, 2.75) is 84.2 Å². The van der Waals surface area contributed by atoms with E-state index >= 15 is 0 Å². The van der Waals surface area contributed by atoms with Crippen LogP contribution in [-0.2, 0) is 16.6 Å². The van der Waals surface area contributed by atoms with Gasteiger partial charge in [-0.1, -0.05) is 51.5 Å². The molecule has 1 saturated carbocycles. The molecule has 7 rings (SSSR count). The van der Waals surface area contributed by atoms with Crippen LogP contribution in [0.25, 0.3) is 11.3 Å². The van der Waals surface area contributed by atoms with Crippen LogP contribution in [0.4, 0.5) is 11.6 Å². The average Bonchev–Trinajstić information content (AvgIpc) is 3.52. The molecule has 1 atom stereocenters. The van der Waals surface area contributed by atoms with Crippen molar-refractivity contribution in [1.82, 2.24) is 24.8 Å². The molecular formula is C38H45N7O4S. The monoisotopic (exact) mass is 695 g/mol. The van der Waals surface area contributed by atoms with Gasteiger partial charge in [-0.3, -0.25) is 4.79 Å². The molecule has 1 spiro atoms. The van der Waals surface area contributed by atoms with Crippen LogP contribution in [0.2, 0.25) is 0 Å². The predicted octanol–water partition coefficient (Wildman–Crippen LogP) is 6.57. The standard InChI is InChI=1S/C38H45N7O4S/c1-25-9-6-10-26(2)34(25)31-18-33-42-36(41-31)43-50(47,48)30-12-7-11-27(17-30)35(46)45(28(23-49-33)19-37(3,4)5)22-32-39-20-29(21-40-32)44-16-15-38(24-44)13-8-14-38/h6-7,9-12,17-18,20-21,28H,8,13-16,19,22-24H2,1-5H3,(H,41,42,43)/t28-/m1/s1. The molecular weight excluding hydrogens is 651 g/mol. The summed E-state index contributed by atoms with van der Waals surface area (Å²) < 4.78 is 36.3. The van der Waals surface area contributed by atoms with Crippen molar-refractivity contribution >= 4 is 27.6 Å². The highest BCUT2D eigenvalue weighted by atomic mass is 32.2. The van der Waals surface area contributed by atoms with Gasteiger partial charge in [-0.2, -0.15) is 4.98 Å². The largest absolute Gasteiger partial charge is 0.475 e. The number of nitrogens with zero attached hydrogens (tertiary/aromatic N) is 6. The normalized spacial score (nSPS) is 19.9. The van der Waals surface area contributed by atoms with Gasteiger partial charge in [-0.15, -0.1) is 0 Å². The molecule has 2 aromatic heterocycles. The number of fused-ring (bicyclic) bond motifs is 4. The average molecular weight is 696 g/mol. The number of aryl methyl sites for hydroxylation is 2. The summed E-state index contributed by atoms with van der Waals surface area (Å²) in [6.07, 6.45) is 9.40. The Kier molecular flexibility index (Phi) is 8.78. The summed E-state index contributed by atoms with van der Waals surface area (Å²) >= 11 is 0. The quantitative estimate of drug-likeness (QED) is 0.246. The third-order valence-electron chi connectivity index (χ3n) is 10.3. The van der Waals surface area contributed by atoms with Gasteiger partial charge >= 0.3 is 0 Å². The zero-order valence-electron chi connectivity index (χ0n) is 29.4. The third-order valence-corrected chi connectivity index (χ3v) is 11.6. The van der Waals surface area contributed by atoms with E-state index < -0.39 is 16.1 Å². The second-order valence-electron chi connectivity index (χ2n) is 15.4. The van der Waals surface area contributed by atoms with Gasteiger partial charge in [0.05, 0.1) is 41.3 Å². The van der Waals surface area contributed by atoms with Crippen molar-refractivity contribution in [1.29, 1.82) is 0 Å². The fraction of sp³-hybridized carbons (Fsp3) is 0.447. The highest BCUT2D eigenvalue weighted by Crippen LogP contribution is 2.48. The zero-order valence-corrected chi connectivity index (χ0v) is 30.3. The lowest BCUT2D eigenvalue weighted by molar-refractivity contribution is 0.0505. The van der Waals surface area contributed by atoms with Crippen molar-refractivity contribution in [3.8, 4) is 17.1 Å². The van der Waals surface area contributed by atoms with Gasteiger partial charge in [-0.05, 0) is 79.7 Å². The Morgan fingerprint density at radius 1 is 0.980 bits per heavy atom. The van der Waals surface area contributed by atoms with E-state index in [1.807, 2.05) is 44.4 Å². The molecule has 50 heavy (non-hydrogen) atoms. The number of rotatable bonds is 5. The number of amides is 1. The number of aromatic nitrogens is 4. The van der Waals surface area contributed by atoms with E-state index in [0.717, 1.165) is 35.5 Å². The molecule has 11 nitrogen and oxygen atoms in total. The molecule has 1 saturated heterocycles. The molecule has 4 aromatic rings. The topological polar surface area (TPSA) is 131 Å². The second-order valence-corrected chi connectivity index (χ2v) is 17.0. The maximum atomic E-state index is 14.5. The fourth-order valence-electron chi connectivity index (χ4n) is 7.53. The van der Waals surface area contributed by atoms with Crippen LogP contribution in [0.15, 0.2) is 65.8 Å². The van der Waals surface area contributed by atoms with E-state index in [-0.39, 0.29) is 46.8 Å². The smallest absolute Gasteiger partial charge is 0.264 e. The van der Waals surface area contributed by atoms with Crippen LogP contribution in [0, 0.1) is 24.7 Å². The summed E-state index contributed by atoms with van der Waals surface area (Å²) in [5.74, 6) is 0.236. The summed E-state index contributed by atoms with van der Waals surface area (Å²) in [7, 11) is -4.17. The Morgan fingerprint density at radius 2 is 1.70 bits per heavy atom. The van der Waals surface area contributed by atoms with Gasteiger partial charge in [-0.25, -0.2) is 28.1 Å². The van der Waals surface area contributed by atoms with Crippen molar-refractivity contribution in [3.63, 3.8) is 0 Å². The molecule has 2 fully saturated rings. The fourth-order valence-corrected chi connectivity index (χ4v) is 8.52. The first-order valence-corrected chi connectivity index (χ1v) is 18.8. The summed E-state index contributed by atoms with van der Waals surface area (Å²) in [6.45, 7) is 12.6. The van der Waals surface area contributed by atoms with E-state index in [9.17, 15) is 13.2 Å². The Bertz CT molecular complexity index is 2000. The van der Waals surface area contributed by atoms with Gasteiger partial charge in [0.25, 0.3) is 15.9 Å². The number of hydrogen-bond donors (Lipinski definition) is 1. The number of carbonyl (C=O) groups is 1. The summed E-state index contributed by atoms with van der Waals surface area (Å²) in [5.41, 5.74) is 4.84. The molecule has 0 unspecified atom stereocenters. The van der Waals surface area contributed by atoms with Gasteiger partial charge in [0, 0.05) is 30.3 Å². The van der Waals surface area contributed by atoms with E-state index in [2.05, 4.69) is 40.4 Å². The van der Waals surface area contributed by atoms with Crippen LogP contribution >= 0.6 is 0 Å². The van der Waals surface area contributed by atoms with Crippen LogP contribution in [0.5, 0.6) is 5.88 Å². The van der Waals surface area contributed by atoms with E-state index in [0.29, 0.717) is 23.4 Å². The molecule has 1 aliphatic carbocycles. The highest BCUT2D eigenvalue weighted by molar-refractivity contribution is 7.92. The summed E-state index contributed by atoms with van der Waals surface area (Å²) in [5, 5.41) is 0. The van der Waals surface area contributed by atoms with Gasteiger partial charge < -0.3 is 14.5 Å². The molecule has 3 aliphatic rings. The molecule has 2 aliphatic heterocycles. The van der Waals surface area contributed by atoms with Crippen LogP contribution in [-0.4, -0.2) is 64.9 Å². The summed E-state index contributed by atoms with van der Waals surface area (Å²) in [6, 6.07) is 13.3. The van der Waals surface area contributed by atoms with Gasteiger partial charge in [0.15, 0.2) is 0 Å². The number of anilines is 2. The molecule has 12 heteroatoms. The predicted molar refractivity (Wildman–Crippen MR) is 193 cm³/mol. The molecule has 1 amide bonds. The lowest BCUT2D eigenvalue weighted by Crippen LogP contribution is -2.45. The maximum Gasteiger partial charge on any atom is 0.264 e. The first-order valence-electron chi connectivity index (χ1n) is 17.4. The van der Waals surface area contributed by atoms with Crippen LogP contribution < -0.4 is 14.4 Å². The van der Waals surface area contributed by atoms with Crippen molar-refractivity contribution in [2.75, 3.05) is 29.3 Å². The number of ether oxygens (including phenoxy) is 1. The highest BCUT2D eigenvalue weighted by Gasteiger charge is 2.43. The second kappa shape index (κ2) is 12.9. The van der Waals surface area contributed by atoms with Crippen molar-refractivity contribution in [2.24, 2.45) is 10.8 Å². The minimum atomic E-state index is -4.17. The van der Waals surface area contributed by atoms with Gasteiger partial charge in [0.1, 0.15) is 12.4 Å². The molecule has 0 radical (unpaired) electrons. The van der Waals surface area contributed by atoms with E-state index in [1.54, 1.807) is 23.1 Å². The molecule has 4 bridgehead atoms. The van der Waals surface area contributed by atoms with Crippen molar-refractivity contribution in [3.05, 3.63) is 83.4 Å². The first-order chi connectivity index (χ1) is 23.8. The number of benzene rings is 2. The zero-order chi connectivity index (χ0) is 35.3. The van der Waals surface area contributed by atoms with E-state index in [4.69, 9.17) is 14.7 Å². The van der Waals surface area contributed by atoms with Crippen LogP contribution in [0.3, 0.4) is 0 Å². The Hall–Kier alpha value is -4.58. The van der Waals surface area contributed by atoms with Crippen LogP contribution in [0.1, 0.15) is 80.2 Å². The molecule has 2 aromatic carbocycles. The molecule has 262 valence electrons. The lowest BCUT2D eigenvalue weighted by Gasteiger charge is -2.38. The molecule has 4 heterocycles. The van der Waals surface area contributed by atoms with Gasteiger partial charge in [0.2, 0.25) is 11.8 Å². The summed E-state index contributed by atoms with van der Waals surface area (Å²) in [4.78, 5) is 37.1. The minimum Gasteiger partial charge on any atom is -0.475 e. The van der Waals surface area contributed by atoms with E-state index in [1.165, 1.54) is 37.8 Å². The number of sulfonamides is 1. The number of carbonyl (C=O) groups excluding carboxylic acids is 1. The first kappa shape index (κ1) is 33.9.